The van der Waals surface area contributed by atoms with E-state index in [4.69, 9.17) is 11.6 Å². The molecule has 2 nitrogen and oxygen atoms in total. The van der Waals surface area contributed by atoms with Crippen LogP contribution in [0, 0.1) is 0 Å². The fraction of sp³-hybridized carbons (Fsp3) is 0.857. The van der Waals surface area contributed by atoms with Crippen molar-refractivity contribution in [2.24, 2.45) is 0 Å². The van der Waals surface area contributed by atoms with Crippen LogP contribution in [0.2, 0.25) is 0 Å². The third kappa shape index (κ3) is 1.70. The Kier molecular flexibility index (Phi) is 3.91. The first-order valence-electron chi connectivity index (χ1n) is 3.69. The third-order valence-electron chi connectivity index (χ3n) is 2.19. The quantitative estimate of drug-likeness (QED) is 0.355. The summed E-state index contributed by atoms with van der Waals surface area (Å²) in [5.74, 6) is 0. The Hall–Kier alpha value is -0.0800. The summed E-state index contributed by atoms with van der Waals surface area (Å²) in [6.45, 7) is 8.30. The fourth-order valence-corrected chi connectivity index (χ4v) is 1.40. The maximum atomic E-state index is 10.9. The number of hydrogen-bond acceptors (Lipinski definition) is 1. The molecular weight excluding hydrogens is 150 g/mol. The summed E-state index contributed by atoms with van der Waals surface area (Å²) in [5.41, 5.74) is 0. The van der Waals surface area contributed by atoms with Crippen molar-refractivity contribution in [3.63, 3.8) is 0 Å². The van der Waals surface area contributed by atoms with Crippen molar-refractivity contribution in [3.05, 3.63) is 0 Å². The molecule has 60 valence electrons. The first kappa shape index (κ1) is 9.92. The van der Waals surface area contributed by atoms with Crippen molar-refractivity contribution < 1.29 is 9.28 Å². The highest BCUT2D eigenvalue weighted by Gasteiger charge is 2.28. The molecule has 0 rings (SSSR count). The lowest BCUT2D eigenvalue weighted by Crippen LogP contribution is -2.49. The highest BCUT2D eigenvalue weighted by Crippen LogP contribution is 2.10. The van der Waals surface area contributed by atoms with Gasteiger partial charge in [0.05, 0.1) is 19.6 Å². The SMILES string of the molecule is CC[N+](CC)(CC)C(=O)Cl. The molecule has 0 aromatic heterocycles. The Bertz CT molecular complexity index is 113. The van der Waals surface area contributed by atoms with Crippen LogP contribution >= 0.6 is 11.6 Å². The van der Waals surface area contributed by atoms with Crippen molar-refractivity contribution in [1.29, 1.82) is 0 Å². The van der Waals surface area contributed by atoms with E-state index in [1.807, 2.05) is 20.8 Å². The van der Waals surface area contributed by atoms with Crippen molar-refractivity contribution in [3.8, 4) is 0 Å². The minimum absolute atomic E-state index is 0.243. The van der Waals surface area contributed by atoms with Crippen LogP contribution in [0.4, 0.5) is 4.79 Å². The maximum Gasteiger partial charge on any atom is 0.411 e. The molecule has 0 aliphatic rings. The van der Waals surface area contributed by atoms with Crippen molar-refractivity contribution in [2.45, 2.75) is 20.8 Å². The van der Waals surface area contributed by atoms with Gasteiger partial charge in [-0.2, -0.15) is 0 Å². The molecule has 0 radical (unpaired) electrons. The van der Waals surface area contributed by atoms with Crippen molar-refractivity contribution in [2.75, 3.05) is 19.6 Å². The van der Waals surface area contributed by atoms with Crippen LogP contribution in [0.3, 0.4) is 0 Å². The van der Waals surface area contributed by atoms with Gasteiger partial charge in [-0.3, -0.25) is 0 Å². The Morgan fingerprint density at radius 3 is 1.50 bits per heavy atom. The lowest BCUT2D eigenvalue weighted by atomic mass is 10.4. The molecule has 0 fully saturated rings. The molecule has 0 N–H and O–H groups in total. The third-order valence-corrected chi connectivity index (χ3v) is 2.55. The van der Waals surface area contributed by atoms with E-state index >= 15 is 0 Å². The van der Waals surface area contributed by atoms with Crippen LogP contribution in [0.1, 0.15) is 20.8 Å². The van der Waals surface area contributed by atoms with E-state index in [2.05, 4.69) is 0 Å². The van der Waals surface area contributed by atoms with Gasteiger partial charge in [0.15, 0.2) is 0 Å². The molecule has 0 aliphatic carbocycles. The summed E-state index contributed by atoms with van der Waals surface area (Å²) in [4.78, 5) is 10.9. The number of nitrogens with zero attached hydrogens (tertiary/aromatic N) is 1. The monoisotopic (exact) mass is 164 g/mol. The molecule has 3 heteroatoms. The molecule has 0 bridgehead atoms. The zero-order valence-corrected chi connectivity index (χ0v) is 7.61. The predicted octanol–water partition coefficient (Wildman–Crippen LogP) is 2.22. The predicted molar refractivity (Wildman–Crippen MR) is 43.1 cm³/mol. The van der Waals surface area contributed by atoms with Gasteiger partial charge in [0.25, 0.3) is 0 Å². The van der Waals surface area contributed by atoms with Crippen molar-refractivity contribution >= 4 is 17.0 Å². The first-order valence-corrected chi connectivity index (χ1v) is 4.06. The number of hydrogen-bond donors (Lipinski definition) is 0. The van der Waals surface area contributed by atoms with E-state index in [-0.39, 0.29) is 5.37 Å². The minimum Gasteiger partial charge on any atom is -0.246 e. The number of halogens is 1. The second-order valence-electron chi connectivity index (χ2n) is 2.35. The van der Waals surface area contributed by atoms with Gasteiger partial charge < -0.3 is 0 Å². The van der Waals surface area contributed by atoms with Gasteiger partial charge in [-0.15, -0.1) is 0 Å². The van der Waals surface area contributed by atoms with Crippen LogP contribution in [-0.2, 0) is 0 Å². The number of quaternary nitrogens is 1. The summed E-state index contributed by atoms with van der Waals surface area (Å²) >= 11 is 5.43. The number of amides is 1. The van der Waals surface area contributed by atoms with Crippen LogP contribution < -0.4 is 0 Å². The molecule has 0 heterocycles. The van der Waals surface area contributed by atoms with Crippen LogP contribution in [0.25, 0.3) is 0 Å². The maximum absolute atomic E-state index is 10.9. The molecule has 0 aromatic carbocycles. The van der Waals surface area contributed by atoms with E-state index < -0.39 is 0 Å². The molecule has 10 heavy (non-hydrogen) atoms. The Morgan fingerprint density at radius 1 is 1.20 bits per heavy atom. The summed E-state index contributed by atoms with van der Waals surface area (Å²) in [6.07, 6.45) is 0. The topological polar surface area (TPSA) is 17.1 Å². The molecule has 0 unspecified atom stereocenters. The van der Waals surface area contributed by atoms with Gasteiger partial charge in [-0.1, -0.05) is 0 Å². The van der Waals surface area contributed by atoms with Crippen LogP contribution in [-0.4, -0.2) is 29.5 Å². The largest absolute Gasteiger partial charge is 0.411 e. The molecule has 0 saturated heterocycles. The van der Waals surface area contributed by atoms with Gasteiger partial charge >= 0.3 is 5.37 Å². The Labute approximate surface area is 67.4 Å². The average Bonchev–Trinajstić information content (AvgIpc) is 1.92. The highest BCUT2D eigenvalue weighted by molar-refractivity contribution is 6.60. The molecule has 0 aliphatic heterocycles. The number of carbonyl (C=O) groups is 1. The smallest absolute Gasteiger partial charge is 0.246 e. The zero-order valence-electron chi connectivity index (χ0n) is 6.85. The average molecular weight is 165 g/mol. The molecule has 1 amide bonds. The van der Waals surface area contributed by atoms with E-state index in [1.54, 1.807) is 0 Å². The molecular formula is C7H15ClNO+. The van der Waals surface area contributed by atoms with Gasteiger partial charge in [0.2, 0.25) is 0 Å². The second-order valence-corrected chi connectivity index (χ2v) is 2.67. The van der Waals surface area contributed by atoms with E-state index in [0.29, 0.717) is 4.48 Å². The second kappa shape index (κ2) is 3.94. The Balaban J connectivity index is 4.31. The summed E-state index contributed by atoms with van der Waals surface area (Å²) in [7, 11) is 0. The molecule has 0 aromatic rings. The Morgan fingerprint density at radius 2 is 1.50 bits per heavy atom. The number of carbonyl (C=O) groups excluding carboxylic acids is 1. The van der Waals surface area contributed by atoms with Crippen molar-refractivity contribution in [1.82, 2.24) is 0 Å². The lowest BCUT2D eigenvalue weighted by molar-refractivity contribution is -0.839. The van der Waals surface area contributed by atoms with E-state index in [1.165, 1.54) is 0 Å². The molecule has 0 spiro atoms. The van der Waals surface area contributed by atoms with Gasteiger partial charge in [0, 0.05) is 11.6 Å². The summed E-state index contributed by atoms with van der Waals surface area (Å²) in [5, 5.41) is -0.243. The van der Waals surface area contributed by atoms with Gasteiger partial charge in [-0.25, -0.2) is 9.28 Å². The fourth-order valence-electron chi connectivity index (χ4n) is 1.04. The normalized spacial score (nSPS) is 11.6. The van der Waals surface area contributed by atoms with Crippen LogP contribution in [0.5, 0.6) is 0 Å². The van der Waals surface area contributed by atoms with Gasteiger partial charge in [0.1, 0.15) is 0 Å². The van der Waals surface area contributed by atoms with E-state index in [9.17, 15) is 4.79 Å². The van der Waals surface area contributed by atoms with Crippen LogP contribution in [0.15, 0.2) is 0 Å². The lowest BCUT2D eigenvalue weighted by Gasteiger charge is -2.29. The summed E-state index contributed by atoms with van der Waals surface area (Å²) < 4.78 is 0.390. The highest BCUT2D eigenvalue weighted by atomic mass is 35.5. The van der Waals surface area contributed by atoms with Gasteiger partial charge in [-0.05, 0) is 20.8 Å². The zero-order chi connectivity index (χ0) is 8.20. The van der Waals surface area contributed by atoms with E-state index in [0.717, 1.165) is 19.6 Å². The molecule has 0 saturated carbocycles. The summed E-state index contributed by atoms with van der Waals surface area (Å²) in [6, 6.07) is 0. The molecule has 0 atom stereocenters. The first-order chi connectivity index (χ1) is 4.63. The standard InChI is InChI=1S/C7H15ClNO/c1-4-9(5-2,6-3)7(8)10/h4-6H2,1-3H3/q+1. The number of rotatable bonds is 3. The minimum atomic E-state index is -0.243.